The quantitative estimate of drug-likeness (QED) is 0.530. The lowest BCUT2D eigenvalue weighted by molar-refractivity contribution is -0.118. The number of imidazole rings is 1. The van der Waals surface area contributed by atoms with Crippen LogP contribution in [0, 0.1) is 12.7 Å². The molecule has 0 aliphatic heterocycles. The third-order valence-corrected chi connectivity index (χ3v) is 5.70. The molecule has 2 aromatic carbocycles. The molecule has 1 aliphatic carbocycles. The van der Waals surface area contributed by atoms with E-state index in [-0.39, 0.29) is 11.7 Å². The molecule has 1 saturated carbocycles. The van der Waals surface area contributed by atoms with Crippen LogP contribution in [0.5, 0.6) is 0 Å². The number of aryl methyl sites for hydroxylation is 1. The van der Waals surface area contributed by atoms with Crippen molar-refractivity contribution >= 4 is 17.2 Å². The lowest BCUT2D eigenvalue weighted by atomic mass is 9.95. The van der Waals surface area contributed by atoms with Crippen molar-refractivity contribution in [2.45, 2.75) is 25.2 Å². The first-order valence-corrected chi connectivity index (χ1v) is 9.67. The molecular weight excluding hydrogens is 365 g/mol. The highest BCUT2D eigenvalue weighted by Crippen LogP contribution is 2.49. The molecule has 0 atom stereocenters. The van der Waals surface area contributed by atoms with Crippen LogP contribution in [0.1, 0.15) is 24.0 Å². The number of nitrogens with zero attached hydrogens (tertiary/aromatic N) is 2. The summed E-state index contributed by atoms with van der Waals surface area (Å²) in [7, 11) is 0. The van der Waals surface area contributed by atoms with E-state index in [9.17, 15) is 9.18 Å². The first-order chi connectivity index (χ1) is 14.0. The van der Waals surface area contributed by atoms with Gasteiger partial charge in [-0.15, -0.1) is 0 Å². The first kappa shape index (κ1) is 17.6. The Labute approximate surface area is 168 Å². The molecule has 5 rings (SSSR count). The van der Waals surface area contributed by atoms with Gasteiger partial charge in [-0.3, -0.25) is 4.79 Å². The monoisotopic (exact) mass is 385 g/mol. The number of nitrogens with one attached hydrogen (secondary N) is 1. The number of hydrogen-bond acceptors (Lipinski definition) is 2. The SMILES string of the molecule is Cc1cccn2cc(-c3ccc(NC(=O)C4(c5ccc(F)cc5)CC4)cc3)nc12. The highest BCUT2D eigenvalue weighted by atomic mass is 19.1. The van der Waals surface area contributed by atoms with Crippen LogP contribution in [0.25, 0.3) is 16.9 Å². The van der Waals surface area contributed by atoms with Crippen molar-refractivity contribution in [1.82, 2.24) is 9.38 Å². The van der Waals surface area contributed by atoms with E-state index in [4.69, 9.17) is 4.98 Å². The van der Waals surface area contributed by atoms with E-state index in [1.165, 1.54) is 12.1 Å². The molecule has 1 N–H and O–H groups in total. The Kier molecular flexibility index (Phi) is 3.98. The molecule has 1 amide bonds. The van der Waals surface area contributed by atoms with E-state index in [1.807, 2.05) is 60.1 Å². The molecule has 5 heteroatoms. The van der Waals surface area contributed by atoms with Crippen LogP contribution in [0.15, 0.2) is 73.1 Å². The van der Waals surface area contributed by atoms with Crippen molar-refractivity contribution in [3.63, 3.8) is 0 Å². The molecule has 0 bridgehead atoms. The van der Waals surface area contributed by atoms with Crippen LogP contribution < -0.4 is 5.32 Å². The number of benzene rings is 2. The Balaban J connectivity index is 1.36. The zero-order valence-corrected chi connectivity index (χ0v) is 16.0. The second-order valence-electron chi connectivity index (χ2n) is 7.67. The molecule has 4 nitrogen and oxygen atoms in total. The van der Waals surface area contributed by atoms with E-state index in [1.54, 1.807) is 12.1 Å². The number of hydrogen-bond donors (Lipinski definition) is 1. The highest BCUT2D eigenvalue weighted by Gasteiger charge is 2.51. The van der Waals surface area contributed by atoms with Gasteiger partial charge in [0.15, 0.2) is 0 Å². The van der Waals surface area contributed by atoms with Crippen molar-refractivity contribution in [1.29, 1.82) is 0 Å². The fourth-order valence-electron chi connectivity index (χ4n) is 3.81. The summed E-state index contributed by atoms with van der Waals surface area (Å²) in [5, 5.41) is 3.01. The maximum Gasteiger partial charge on any atom is 0.235 e. The lowest BCUT2D eigenvalue weighted by Crippen LogP contribution is -2.27. The largest absolute Gasteiger partial charge is 0.325 e. The number of anilines is 1. The average Bonchev–Trinajstić information content (AvgIpc) is 3.42. The normalized spacial score (nSPS) is 14.7. The molecule has 0 unspecified atom stereocenters. The summed E-state index contributed by atoms with van der Waals surface area (Å²) in [5.41, 5.74) is 5.02. The molecule has 2 aromatic heterocycles. The van der Waals surface area contributed by atoms with E-state index in [2.05, 4.69) is 5.32 Å². The van der Waals surface area contributed by atoms with Crippen LogP contribution in [0.4, 0.5) is 10.1 Å². The number of aromatic nitrogens is 2. The van der Waals surface area contributed by atoms with Gasteiger partial charge in [0.2, 0.25) is 5.91 Å². The van der Waals surface area contributed by atoms with Gasteiger partial charge < -0.3 is 9.72 Å². The summed E-state index contributed by atoms with van der Waals surface area (Å²) in [5.74, 6) is -0.331. The summed E-state index contributed by atoms with van der Waals surface area (Å²) in [4.78, 5) is 17.6. The maximum absolute atomic E-state index is 13.2. The van der Waals surface area contributed by atoms with Gasteiger partial charge in [-0.1, -0.05) is 30.3 Å². The zero-order chi connectivity index (χ0) is 20.0. The van der Waals surface area contributed by atoms with Crippen molar-refractivity contribution < 1.29 is 9.18 Å². The summed E-state index contributed by atoms with van der Waals surface area (Å²) >= 11 is 0. The number of carbonyl (C=O) groups is 1. The smallest absolute Gasteiger partial charge is 0.235 e. The first-order valence-electron chi connectivity index (χ1n) is 9.67. The fraction of sp³-hybridized carbons (Fsp3) is 0.167. The molecular formula is C24H20FN3O. The Morgan fingerprint density at radius 1 is 1.07 bits per heavy atom. The molecule has 0 spiro atoms. The Bertz CT molecular complexity index is 1210. The summed E-state index contributed by atoms with van der Waals surface area (Å²) < 4.78 is 15.2. The maximum atomic E-state index is 13.2. The Morgan fingerprint density at radius 2 is 1.79 bits per heavy atom. The van der Waals surface area contributed by atoms with E-state index in [0.717, 1.165) is 46.6 Å². The number of carbonyl (C=O) groups excluding carboxylic acids is 1. The number of amides is 1. The van der Waals surface area contributed by atoms with Gasteiger partial charge in [-0.2, -0.15) is 0 Å². The second kappa shape index (κ2) is 6.55. The minimum atomic E-state index is -0.536. The molecule has 144 valence electrons. The van der Waals surface area contributed by atoms with Crippen LogP contribution in [0.3, 0.4) is 0 Å². The van der Waals surface area contributed by atoms with Crippen molar-refractivity contribution in [3.05, 3.63) is 90.0 Å². The molecule has 0 radical (unpaired) electrons. The lowest BCUT2D eigenvalue weighted by Gasteiger charge is -2.16. The third-order valence-electron chi connectivity index (χ3n) is 5.70. The van der Waals surface area contributed by atoms with Gasteiger partial charge in [-0.25, -0.2) is 9.37 Å². The van der Waals surface area contributed by atoms with Crippen molar-refractivity contribution in [3.8, 4) is 11.3 Å². The van der Waals surface area contributed by atoms with Gasteiger partial charge in [0.25, 0.3) is 0 Å². The van der Waals surface area contributed by atoms with Crippen molar-refractivity contribution in [2.75, 3.05) is 5.32 Å². The van der Waals surface area contributed by atoms with Gasteiger partial charge in [0.05, 0.1) is 11.1 Å². The van der Waals surface area contributed by atoms with E-state index >= 15 is 0 Å². The van der Waals surface area contributed by atoms with Crippen LogP contribution in [0.2, 0.25) is 0 Å². The number of halogens is 1. The standard InChI is InChI=1S/C24H20FN3O/c1-16-3-2-14-28-15-21(27-22(16)28)17-4-10-20(11-5-17)26-23(29)24(12-13-24)18-6-8-19(25)9-7-18/h2-11,14-15H,12-13H2,1H3,(H,26,29). The number of rotatable bonds is 4. The summed E-state index contributed by atoms with van der Waals surface area (Å²) in [6, 6.07) is 18.0. The topological polar surface area (TPSA) is 46.4 Å². The minimum absolute atomic E-state index is 0.0415. The number of fused-ring (bicyclic) bond motifs is 1. The van der Waals surface area contributed by atoms with Gasteiger partial charge >= 0.3 is 0 Å². The van der Waals surface area contributed by atoms with Gasteiger partial charge in [0, 0.05) is 23.6 Å². The van der Waals surface area contributed by atoms with Crippen LogP contribution in [-0.2, 0) is 10.2 Å². The molecule has 4 aromatic rings. The molecule has 29 heavy (non-hydrogen) atoms. The average molecular weight is 385 g/mol. The zero-order valence-electron chi connectivity index (χ0n) is 16.0. The van der Waals surface area contributed by atoms with E-state index in [0.29, 0.717) is 0 Å². The minimum Gasteiger partial charge on any atom is -0.325 e. The van der Waals surface area contributed by atoms with Gasteiger partial charge in [-0.05, 0) is 61.2 Å². The van der Waals surface area contributed by atoms with Crippen LogP contribution in [-0.4, -0.2) is 15.3 Å². The van der Waals surface area contributed by atoms with Crippen LogP contribution >= 0.6 is 0 Å². The Morgan fingerprint density at radius 3 is 2.45 bits per heavy atom. The molecule has 0 saturated heterocycles. The fourth-order valence-corrected chi connectivity index (χ4v) is 3.81. The molecule has 1 fully saturated rings. The summed E-state index contributed by atoms with van der Waals surface area (Å²) in [6.07, 6.45) is 5.55. The predicted molar refractivity (Wildman–Crippen MR) is 111 cm³/mol. The van der Waals surface area contributed by atoms with Gasteiger partial charge in [0.1, 0.15) is 11.5 Å². The third kappa shape index (κ3) is 3.09. The number of pyridine rings is 1. The highest BCUT2D eigenvalue weighted by molar-refractivity contribution is 6.01. The summed E-state index contributed by atoms with van der Waals surface area (Å²) in [6.45, 7) is 2.04. The Hall–Kier alpha value is -3.47. The predicted octanol–water partition coefficient (Wildman–Crippen LogP) is 5.12. The van der Waals surface area contributed by atoms with E-state index < -0.39 is 5.41 Å². The van der Waals surface area contributed by atoms with Crippen molar-refractivity contribution in [2.24, 2.45) is 0 Å². The molecule has 1 aliphatic rings. The second-order valence-corrected chi connectivity index (χ2v) is 7.67. The molecule has 2 heterocycles.